The Balaban J connectivity index is 1.88. The highest BCUT2D eigenvalue weighted by molar-refractivity contribution is 5.91. The van der Waals surface area contributed by atoms with Crippen molar-refractivity contribution in [3.05, 3.63) is 35.5 Å². The minimum atomic E-state index is -0.299. The van der Waals surface area contributed by atoms with E-state index < -0.39 is 0 Å². The Morgan fingerprint density at radius 1 is 1.42 bits per heavy atom. The molecule has 6 nitrogen and oxygen atoms in total. The summed E-state index contributed by atoms with van der Waals surface area (Å²) in [4.78, 5) is 11.7. The fraction of sp³-hybridized carbons (Fsp3) is 0.308. The van der Waals surface area contributed by atoms with Crippen LogP contribution in [0, 0.1) is 6.92 Å². The Labute approximate surface area is 110 Å². The molecule has 0 saturated heterocycles. The summed E-state index contributed by atoms with van der Waals surface area (Å²) < 4.78 is 9.94. The van der Waals surface area contributed by atoms with E-state index in [0.29, 0.717) is 23.7 Å². The summed E-state index contributed by atoms with van der Waals surface area (Å²) in [6.45, 7) is 3.78. The summed E-state index contributed by atoms with van der Waals surface area (Å²) >= 11 is 0. The van der Waals surface area contributed by atoms with Crippen LogP contribution in [0.5, 0.6) is 5.75 Å². The monoisotopic (exact) mass is 261 g/mol. The van der Waals surface area contributed by atoms with Crippen molar-refractivity contribution < 1.29 is 14.2 Å². The van der Waals surface area contributed by atoms with Crippen molar-refractivity contribution in [2.45, 2.75) is 20.3 Å². The van der Waals surface area contributed by atoms with Crippen molar-refractivity contribution in [3.8, 4) is 5.75 Å². The Morgan fingerprint density at radius 3 is 3.00 bits per heavy atom. The first-order chi connectivity index (χ1) is 9.19. The zero-order chi connectivity index (χ0) is 13.7. The van der Waals surface area contributed by atoms with Gasteiger partial charge in [-0.15, -0.1) is 0 Å². The van der Waals surface area contributed by atoms with E-state index in [4.69, 9.17) is 4.74 Å². The maximum atomic E-state index is 11.7. The predicted octanol–water partition coefficient (Wildman–Crippen LogP) is 1.96. The first-order valence-electron chi connectivity index (χ1n) is 5.99. The van der Waals surface area contributed by atoms with Gasteiger partial charge in [-0.25, -0.2) is 4.63 Å². The average Bonchev–Trinajstić information content (AvgIpc) is 2.84. The molecule has 6 heteroatoms. The van der Waals surface area contributed by atoms with Gasteiger partial charge in [-0.2, -0.15) is 0 Å². The van der Waals surface area contributed by atoms with E-state index in [0.717, 1.165) is 5.56 Å². The first-order valence-corrected chi connectivity index (χ1v) is 5.99. The topological polar surface area (TPSA) is 77.3 Å². The van der Waals surface area contributed by atoms with Gasteiger partial charge in [0.1, 0.15) is 11.4 Å². The number of carbonyl (C=O) groups excluding carboxylic acids is 1. The molecule has 2 rings (SSSR count). The van der Waals surface area contributed by atoms with Gasteiger partial charge >= 0.3 is 0 Å². The van der Waals surface area contributed by atoms with Gasteiger partial charge in [0.25, 0.3) is 5.91 Å². The molecule has 0 atom stereocenters. The molecule has 0 unspecified atom stereocenters. The normalized spacial score (nSPS) is 10.2. The van der Waals surface area contributed by atoms with Crippen LogP contribution in [-0.4, -0.2) is 22.8 Å². The Morgan fingerprint density at radius 2 is 2.26 bits per heavy atom. The molecular formula is C13H15N3O3. The molecule has 1 aromatic carbocycles. The molecule has 2 aromatic rings. The molecule has 1 N–H and O–H groups in total. The highest BCUT2D eigenvalue weighted by Crippen LogP contribution is 2.13. The van der Waals surface area contributed by atoms with Gasteiger partial charge in [0.05, 0.1) is 0 Å². The second-order valence-electron chi connectivity index (χ2n) is 4.07. The van der Waals surface area contributed by atoms with Crippen LogP contribution in [0.15, 0.2) is 28.9 Å². The van der Waals surface area contributed by atoms with E-state index in [9.17, 15) is 4.79 Å². The van der Waals surface area contributed by atoms with Gasteiger partial charge in [-0.3, -0.25) is 4.79 Å². The Hall–Kier alpha value is -2.37. The molecule has 0 aliphatic heterocycles. The number of hydrogen-bond donors (Lipinski definition) is 1. The molecule has 0 radical (unpaired) electrons. The lowest BCUT2D eigenvalue weighted by Gasteiger charge is -2.06. The molecule has 0 saturated carbocycles. The number of nitrogens with zero attached hydrogens (tertiary/aromatic N) is 2. The summed E-state index contributed by atoms with van der Waals surface area (Å²) in [6, 6.07) is 7.50. The quantitative estimate of drug-likeness (QED) is 0.890. The van der Waals surface area contributed by atoms with Gasteiger partial charge in [0, 0.05) is 0 Å². The van der Waals surface area contributed by atoms with Crippen molar-refractivity contribution >= 4 is 11.7 Å². The molecule has 100 valence electrons. The third-order valence-electron chi connectivity index (χ3n) is 2.51. The van der Waals surface area contributed by atoms with Crippen LogP contribution in [-0.2, 0) is 11.2 Å². The lowest BCUT2D eigenvalue weighted by Crippen LogP contribution is -2.21. The second kappa shape index (κ2) is 5.99. The standard InChI is InChI=1S/C13H15N3O3/c1-3-11-13(16-19-15-11)14-12(17)8-18-10-6-4-5-9(2)7-10/h4-7H,3,8H2,1-2H3,(H,14,16,17). The van der Waals surface area contributed by atoms with Gasteiger partial charge in [0.2, 0.25) is 5.82 Å². The average molecular weight is 261 g/mol. The van der Waals surface area contributed by atoms with Crippen molar-refractivity contribution in [2.24, 2.45) is 0 Å². The van der Waals surface area contributed by atoms with Gasteiger partial charge in [-0.05, 0) is 36.2 Å². The summed E-state index contributed by atoms with van der Waals surface area (Å²) in [5, 5.41) is 9.89. The van der Waals surface area contributed by atoms with Gasteiger partial charge in [-0.1, -0.05) is 24.2 Å². The van der Waals surface area contributed by atoms with Gasteiger partial charge < -0.3 is 10.1 Å². The van der Waals surface area contributed by atoms with Crippen molar-refractivity contribution in [1.82, 2.24) is 10.3 Å². The number of carbonyl (C=O) groups is 1. The van der Waals surface area contributed by atoms with Crippen molar-refractivity contribution in [1.29, 1.82) is 0 Å². The minimum Gasteiger partial charge on any atom is -0.484 e. The first kappa shape index (κ1) is 13.1. The molecule has 1 amide bonds. The fourth-order valence-electron chi connectivity index (χ4n) is 1.56. The highest BCUT2D eigenvalue weighted by Gasteiger charge is 2.11. The minimum absolute atomic E-state index is 0.0839. The molecule has 0 fully saturated rings. The van der Waals surface area contributed by atoms with Crippen molar-refractivity contribution in [3.63, 3.8) is 0 Å². The van der Waals surface area contributed by atoms with E-state index >= 15 is 0 Å². The van der Waals surface area contributed by atoms with Crippen LogP contribution in [0.25, 0.3) is 0 Å². The number of aryl methyl sites for hydroxylation is 2. The fourth-order valence-corrected chi connectivity index (χ4v) is 1.56. The predicted molar refractivity (Wildman–Crippen MR) is 69.0 cm³/mol. The van der Waals surface area contributed by atoms with Crippen LogP contribution >= 0.6 is 0 Å². The SMILES string of the molecule is CCc1nonc1NC(=O)COc1cccc(C)c1. The van der Waals surface area contributed by atoms with Crippen LogP contribution in [0.3, 0.4) is 0 Å². The second-order valence-corrected chi connectivity index (χ2v) is 4.07. The summed E-state index contributed by atoms with van der Waals surface area (Å²) in [5.74, 6) is 0.705. The maximum absolute atomic E-state index is 11.7. The highest BCUT2D eigenvalue weighted by atomic mass is 16.6. The number of anilines is 1. The molecule has 19 heavy (non-hydrogen) atoms. The van der Waals surface area contributed by atoms with E-state index in [1.165, 1.54) is 0 Å². The molecule has 0 aliphatic rings. The third kappa shape index (κ3) is 3.54. The number of ether oxygens (including phenoxy) is 1. The van der Waals surface area contributed by atoms with E-state index in [1.807, 2.05) is 32.0 Å². The van der Waals surface area contributed by atoms with Crippen molar-refractivity contribution in [2.75, 3.05) is 11.9 Å². The van der Waals surface area contributed by atoms with Crippen LogP contribution in [0.1, 0.15) is 18.2 Å². The zero-order valence-corrected chi connectivity index (χ0v) is 10.8. The lowest BCUT2D eigenvalue weighted by molar-refractivity contribution is -0.118. The van der Waals surface area contributed by atoms with Crippen LogP contribution < -0.4 is 10.1 Å². The number of nitrogens with one attached hydrogen (secondary N) is 1. The van der Waals surface area contributed by atoms with Crippen LogP contribution in [0.2, 0.25) is 0 Å². The van der Waals surface area contributed by atoms with E-state index in [2.05, 4.69) is 20.3 Å². The Bertz CT molecular complexity index is 566. The molecule has 1 heterocycles. The number of aromatic nitrogens is 2. The van der Waals surface area contributed by atoms with Crippen LogP contribution in [0.4, 0.5) is 5.82 Å². The summed E-state index contributed by atoms with van der Waals surface area (Å²) in [6.07, 6.45) is 0.637. The molecule has 1 aromatic heterocycles. The number of benzene rings is 1. The number of amides is 1. The third-order valence-corrected chi connectivity index (χ3v) is 2.51. The lowest BCUT2D eigenvalue weighted by atomic mass is 10.2. The van der Waals surface area contributed by atoms with E-state index in [1.54, 1.807) is 6.07 Å². The number of hydrogen-bond acceptors (Lipinski definition) is 5. The number of rotatable bonds is 5. The molecule has 0 spiro atoms. The zero-order valence-electron chi connectivity index (χ0n) is 10.8. The summed E-state index contributed by atoms with van der Waals surface area (Å²) in [5.41, 5.74) is 1.69. The maximum Gasteiger partial charge on any atom is 0.263 e. The summed E-state index contributed by atoms with van der Waals surface area (Å²) in [7, 11) is 0. The van der Waals surface area contributed by atoms with Gasteiger partial charge in [0.15, 0.2) is 6.61 Å². The molecule has 0 bridgehead atoms. The molecule has 0 aliphatic carbocycles. The van der Waals surface area contributed by atoms with E-state index in [-0.39, 0.29) is 12.5 Å². The Kier molecular flexibility index (Phi) is 4.12. The molecular weight excluding hydrogens is 246 g/mol. The smallest absolute Gasteiger partial charge is 0.263 e. The largest absolute Gasteiger partial charge is 0.484 e.